The van der Waals surface area contributed by atoms with Crippen LogP contribution in [0.4, 0.5) is 0 Å². The van der Waals surface area contributed by atoms with Gasteiger partial charge in [0.2, 0.25) is 5.91 Å². The number of hydrogen-bond acceptors (Lipinski definition) is 2. The number of benzene rings is 1. The summed E-state index contributed by atoms with van der Waals surface area (Å²) in [7, 11) is 0. The first-order valence-electron chi connectivity index (χ1n) is 6.34. The lowest BCUT2D eigenvalue weighted by molar-refractivity contribution is -0.134. The van der Waals surface area contributed by atoms with Crippen molar-refractivity contribution < 1.29 is 4.79 Å². The van der Waals surface area contributed by atoms with Crippen LogP contribution in [-0.2, 0) is 4.79 Å². The van der Waals surface area contributed by atoms with Crippen LogP contribution in [0, 0.1) is 22.7 Å². The molecule has 1 unspecified atom stereocenters. The van der Waals surface area contributed by atoms with Gasteiger partial charge in [0.15, 0.2) is 0 Å². The Labute approximate surface area is 108 Å². The van der Waals surface area contributed by atoms with Crippen LogP contribution in [0.15, 0.2) is 30.3 Å². The number of nitrogens with one attached hydrogen (secondary N) is 1. The van der Waals surface area contributed by atoms with Crippen LogP contribution < -0.4 is 5.32 Å². The molecule has 0 aromatic heterocycles. The molecule has 1 aromatic rings. The van der Waals surface area contributed by atoms with Crippen molar-refractivity contribution in [2.24, 2.45) is 11.3 Å². The molecule has 1 amide bonds. The molecular formula is C15H18N2O. The number of nitriles is 1. The van der Waals surface area contributed by atoms with Gasteiger partial charge in [-0.1, -0.05) is 37.3 Å². The van der Waals surface area contributed by atoms with Crippen molar-refractivity contribution in [3.8, 4) is 6.07 Å². The van der Waals surface area contributed by atoms with E-state index in [0.717, 1.165) is 5.56 Å². The highest BCUT2D eigenvalue weighted by molar-refractivity contribution is 5.86. The molecule has 0 aliphatic heterocycles. The Bertz CT molecular complexity index is 469. The fourth-order valence-electron chi connectivity index (χ4n) is 2.62. The van der Waals surface area contributed by atoms with E-state index in [9.17, 15) is 10.1 Å². The maximum Gasteiger partial charge on any atom is 0.240 e. The molecule has 1 atom stereocenters. The average Bonchev–Trinajstić information content (AvgIpc) is 2.35. The third-order valence-corrected chi connectivity index (χ3v) is 3.69. The molecule has 2 rings (SSSR count). The average molecular weight is 242 g/mol. The number of rotatable bonds is 3. The van der Waals surface area contributed by atoms with Gasteiger partial charge in [-0.2, -0.15) is 5.26 Å². The normalized spacial score (nSPS) is 27.7. The molecule has 0 radical (unpaired) electrons. The number of hydrogen-bond donors (Lipinski definition) is 1. The maximum atomic E-state index is 12.2. The molecule has 1 aliphatic rings. The standard InChI is InChI=1S/C15H18N2O/c1-11-8-15(9-11,10-16)14(18)17-12(2)13-6-4-3-5-7-13/h3-7,11-12H,8-9H2,1-2H3,(H,17,18). The van der Waals surface area contributed by atoms with E-state index >= 15 is 0 Å². The minimum Gasteiger partial charge on any atom is -0.348 e. The SMILES string of the molecule is CC1CC(C#N)(C(=O)NC(C)c2ccccc2)C1. The van der Waals surface area contributed by atoms with Gasteiger partial charge in [-0.3, -0.25) is 4.79 Å². The summed E-state index contributed by atoms with van der Waals surface area (Å²) >= 11 is 0. The van der Waals surface area contributed by atoms with Gasteiger partial charge in [-0.25, -0.2) is 0 Å². The number of amides is 1. The van der Waals surface area contributed by atoms with Gasteiger partial charge in [-0.15, -0.1) is 0 Å². The number of carbonyl (C=O) groups excluding carboxylic acids is 1. The summed E-state index contributed by atoms with van der Waals surface area (Å²) in [4.78, 5) is 12.2. The van der Waals surface area contributed by atoms with E-state index in [1.54, 1.807) is 0 Å². The second-order valence-electron chi connectivity index (χ2n) is 5.31. The first-order chi connectivity index (χ1) is 8.57. The summed E-state index contributed by atoms with van der Waals surface area (Å²) in [5, 5.41) is 12.1. The van der Waals surface area contributed by atoms with Crippen molar-refractivity contribution in [2.45, 2.75) is 32.7 Å². The fourth-order valence-corrected chi connectivity index (χ4v) is 2.62. The summed E-state index contributed by atoms with van der Waals surface area (Å²) in [6, 6.07) is 11.9. The monoisotopic (exact) mass is 242 g/mol. The number of nitrogens with zero attached hydrogens (tertiary/aromatic N) is 1. The molecule has 1 saturated carbocycles. The van der Waals surface area contributed by atoms with Crippen molar-refractivity contribution in [3.05, 3.63) is 35.9 Å². The molecule has 0 saturated heterocycles. The van der Waals surface area contributed by atoms with Crippen molar-refractivity contribution in [1.29, 1.82) is 5.26 Å². The van der Waals surface area contributed by atoms with Crippen molar-refractivity contribution >= 4 is 5.91 Å². The Kier molecular flexibility index (Phi) is 3.38. The highest BCUT2D eigenvalue weighted by Crippen LogP contribution is 2.45. The Morgan fingerprint density at radius 1 is 1.44 bits per heavy atom. The van der Waals surface area contributed by atoms with Gasteiger partial charge in [0.1, 0.15) is 5.41 Å². The second kappa shape index (κ2) is 4.81. The van der Waals surface area contributed by atoms with Crippen molar-refractivity contribution in [2.75, 3.05) is 0 Å². The summed E-state index contributed by atoms with van der Waals surface area (Å²) in [6.07, 6.45) is 1.35. The molecule has 1 aliphatic carbocycles. The van der Waals surface area contributed by atoms with Crippen LogP contribution in [-0.4, -0.2) is 5.91 Å². The predicted molar refractivity (Wildman–Crippen MR) is 69.4 cm³/mol. The van der Waals surface area contributed by atoms with E-state index < -0.39 is 5.41 Å². The Morgan fingerprint density at radius 2 is 2.06 bits per heavy atom. The molecule has 1 fully saturated rings. The lowest BCUT2D eigenvalue weighted by Crippen LogP contribution is -2.48. The predicted octanol–water partition coefficient (Wildman–Crippen LogP) is 2.80. The number of carbonyl (C=O) groups is 1. The molecule has 0 bridgehead atoms. The molecule has 0 spiro atoms. The second-order valence-corrected chi connectivity index (χ2v) is 5.31. The smallest absolute Gasteiger partial charge is 0.240 e. The van der Waals surface area contributed by atoms with Crippen LogP contribution in [0.5, 0.6) is 0 Å². The summed E-state index contributed by atoms with van der Waals surface area (Å²) in [5.41, 5.74) is 0.272. The van der Waals surface area contributed by atoms with E-state index in [0.29, 0.717) is 18.8 Å². The molecule has 94 valence electrons. The van der Waals surface area contributed by atoms with Gasteiger partial charge < -0.3 is 5.32 Å². The minimum absolute atomic E-state index is 0.0557. The molecule has 1 N–H and O–H groups in total. The highest BCUT2D eigenvalue weighted by atomic mass is 16.2. The molecule has 1 aromatic carbocycles. The Balaban J connectivity index is 2.02. The van der Waals surface area contributed by atoms with E-state index in [1.165, 1.54) is 0 Å². The van der Waals surface area contributed by atoms with Gasteiger partial charge in [0.05, 0.1) is 12.1 Å². The first-order valence-corrected chi connectivity index (χ1v) is 6.34. The van der Waals surface area contributed by atoms with Crippen LogP contribution in [0.1, 0.15) is 38.3 Å². The van der Waals surface area contributed by atoms with E-state index in [2.05, 4.69) is 18.3 Å². The lowest BCUT2D eigenvalue weighted by atomic mass is 9.63. The quantitative estimate of drug-likeness (QED) is 0.886. The minimum atomic E-state index is -0.789. The van der Waals surface area contributed by atoms with Gasteiger partial charge >= 0.3 is 0 Å². The van der Waals surface area contributed by atoms with Crippen LogP contribution in [0.3, 0.4) is 0 Å². The molecule has 3 heteroatoms. The fraction of sp³-hybridized carbons (Fsp3) is 0.467. The summed E-state index contributed by atoms with van der Waals surface area (Å²) in [6.45, 7) is 4.02. The summed E-state index contributed by atoms with van der Waals surface area (Å²) < 4.78 is 0. The first kappa shape index (κ1) is 12.6. The third kappa shape index (κ3) is 2.24. The van der Waals surface area contributed by atoms with Crippen molar-refractivity contribution in [1.82, 2.24) is 5.32 Å². The third-order valence-electron chi connectivity index (χ3n) is 3.69. The summed E-state index contributed by atoms with van der Waals surface area (Å²) in [5.74, 6) is 0.349. The maximum absolute atomic E-state index is 12.2. The molecule has 18 heavy (non-hydrogen) atoms. The Morgan fingerprint density at radius 3 is 2.56 bits per heavy atom. The molecule has 0 heterocycles. The van der Waals surface area contributed by atoms with E-state index in [1.807, 2.05) is 37.3 Å². The van der Waals surface area contributed by atoms with Crippen molar-refractivity contribution in [3.63, 3.8) is 0 Å². The zero-order valence-electron chi connectivity index (χ0n) is 10.8. The zero-order chi connectivity index (χ0) is 13.2. The van der Waals surface area contributed by atoms with E-state index in [4.69, 9.17) is 0 Å². The van der Waals surface area contributed by atoms with Crippen LogP contribution in [0.2, 0.25) is 0 Å². The highest BCUT2D eigenvalue weighted by Gasteiger charge is 2.49. The van der Waals surface area contributed by atoms with E-state index in [-0.39, 0.29) is 11.9 Å². The van der Waals surface area contributed by atoms with Crippen LogP contribution in [0.25, 0.3) is 0 Å². The lowest BCUT2D eigenvalue weighted by Gasteiger charge is -2.39. The van der Waals surface area contributed by atoms with Crippen LogP contribution >= 0.6 is 0 Å². The zero-order valence-corrected chi connectivity index (χ0v) is 10.8. The molecular weight excluding hydrogens is 224 g/mol. The van der Waals surface area contributed by atoms with Gasteiger partial charge in [-0.05, 0) is 31.2 Å². The molecule has 3 nitrogen and oxygen atoms in total. The van der Waals surface area contributed by atoms with Gasteiger partial charge in [0.25, 0.3) is 0 Å². The largest absolute Gasteiger partial charge is 0.348 e. The Hall–Kier alpha value is -1.82. The van der Waals surface area contributed by atoms with Gasteiger partial charge in [0, 0.05) is 0 Å². The topological polar surface area (TPSA) is 52.9 Å².